The van der Waals surface area contributed by atoms with Crippen LogP contribution in [-0.2, 0) is 23.1 Å². The van der Waals surface area contributed by atoms with Crippen LogP contribution in [0.2, 0.25) is 10.1 Å². The van der Waals surface area contributed by atoms with Gasteiger partial charge in [-0.1, -0.05) is 41.5 Å². The lowest BCUT2D eigenvalue weighted by Crippen LogP contribution is -2.69. The summed E-state index contributed by atoms with van der Waals surface area (Å²) in [5, 5.41) is 20.5. The number of rotatable bonds is 3. The third-order valence-electron chi connectivity index (χ3n) is 7.81. The summed E-state index contributed by atoms with van der Waals surface area (Å²) in [7, 11) is -2.57. The molecule has 7 nitrogen and oxygen atoms in total. The van der Waals surface area contributed by atoms with E-state index in [-0.39, 0.29) is 53.3 Å². The lowest BCUT2D eigenvalue weighted by atomic mass is 9.81. The van der Waals surface area contributed by atoms with Gasteiger partial charge in [0.2, 0.25) is 0 Å². The fourth-order valence-corrected chi connectivity index (χ4v) is 11.0. The zero-order valence-corrected chi connectivity index (χ0v) is 21.4. The number of aliphatic hydroxyl groups excluding tert-OH is 1. The second kappa shape index (κ2) is 7.47. The Hall–Kier alpha value is -0.0631. The van der Waals surface area contributed by atoms with Crippen molar-refractivity contribution in [3.05, 3.63) is 0 Å². The minimum atomic E-state index is -2.57. The molecule has 8 atom stereocenters. The summed E-state index contributed by atoms with van der Waals surface area (Å²) >= 11 is 0. The van der Waals surface area contributed by atoms with Crippen molar-refractivity contribution in [1.29, 1.82) is 0 Å². The molecule has 4 rings (SSSR count). The first-order valence-electron chi connectivity index (χ1n) is 11.8. The van der Waals surface area contributed by atoms with Gasteiger partial charge in [0.05, 0.1) is 49.3 Å². The van der Waals surface area contributed by atoms with Crippen LogP contribution in [0.3, 0.4) is 0 Å². The van der Waals surface area contributed by atoms with Crippen molar-refractivity contribution in [1.82, 2.24) is 0 Å². The molecule has 4 heterocycles. The number of fused-ring (bicyclic) bond motifs is 2. The fraction of sp³-hybridized carbons (Fsp3) is 1.00. The summed E-state index contributed by atoms with van der Waals surface area (Å²) in [4.78, 5) is 0. The summed E-state index contributed by atoms with van der Waals surface area (Å²) < 4.78 is 31.9. The molecule has 0 radical (unpaired) electrons. The maximum atomic E-state index is 11.1. The number of hydrogen-bond acceptors (Lipinski definition) is 7. The first kappa shape index (κ1) is 24.1. The number of epoxide rings is 1. The summed E-state index contributed by atoms with van der Waals surface area (Å²) in [6.07, 6.45) is 0.856. The first-order chi connectivity index (χ1) is 14.1. The Bertz CT molecular complexity index is 670. The molecule has 0 aromatic carbocycles. The predicted molar refractivity (Wildman–Crippen MR) is 118 cm³/mol. The fourth-order valence-electron chi connectivity index (χ4n) is 6.01. The molecule has 8 heteroatoms. The summed E-state index contributed by atoms with van der Waals surface area (Å²) in [6.45, 7) is 17.5. The molecule has 0 saturated carbocycles. The highest BCUT2D eigenvalue weighted by atomic mass is 28.4. The van der Waals surface area contributed by atoms with Crippen molar-refractivity contribution in [3.8, 4) is 0 Å². The molecule has 0 aromatic heterocycles. The van der Waals surface area contributed by atoms with E-state index in [0.29, 0.717) is 19.4 Å². The molecule has 0 unspecified atom stereocenters. The molecule has 4 aliphatic rings. The second-order valence-electron chi connectivity index (χ2n) is 12.6. The van der Waals surface area contributed by atoms with E-state index in [1.54, 1.807) is 0 Å². The Morgan fingerprint density at radius 1 is 0.903 bits per heavy atom. The van der Waals surface area contributed by atoms with Crippen LogP contribution in [0.4, 0.5) is 0 Å². The van der Waals surface area contributed by atoms with Gasteiger partial charge in [-0.25, -0.2) is 0 Å². The highest BCUT2D eigenvalue weighted by Crippen LogP contribution is 2.55. The monoisotopic (exact) mass is 458 g/mol. The average Bonchev–Trinajstić information content (AvgIpc) is 3.28. The standard InChI is InChI=1S/C23H42O7Si/c1-20(2,3)31(21(4,5)6)26-12-17-15(30-31)9-14-16(27-17)11-22(7,25)18(28-14)10-19-23(8,13-24)29-19/h14-19,24-25H,9-13H2,1-8H3/t14-,15+,16+,17-,18+,19-,22-,23-/m1/s1. The van der Waals surface area contributed by atoms with Crippen molar-refractivity contribution in [2.24, 2.45) is 0 Å². The van der Waals surface area contributed by atoms with Crippen molar-refractivity contribution in [3.63, 3.8) is 0 Å². The molecular weight excluding hydrogens is 416 g/mol. The van der Waals surface area contributed by atoms with Gasteiger partial charge >= 0.3 is 8.56 Å². The normalized spacial score (nSPS) is 47.4. The van der Waals surface area contributed by atoms with Crippen LogP contribution in [0.1, 0.15) is 74.7 Å². The smallest absolute Gasteiger partial charge is 0.349 e. The van der Waals surface area contributed by atoms with Gasteiger partial charge in [-0.2, -0.15) is 0 Å². The van der Waals surface area contributed by atoms with E-state index in [0.717, 1.165) is 6.42 Å². The largest absolute Gasteiger partial charge is 0.393 e. The summed E-state index contributed by atoms with van der Waals surface area (Å²) in [6, 6.07) is 0. The average molecular weight is 459 g/mol. The van der Waals surface area contributed by atoms with Gasteiger partial charge in [-0.05, 0) is 13.8 Å². The highest BCUT2D eigenvalue weighted by molar-refractivity contribution is 6.73. The van der Waals surface area contributed by atoms with E-state index >= 15 is 0 Å². The van der Waals surface area contributed by atoms with Crippen LogP contribution in [0.5, 0.6) is 0 Å². The topological polar surface area (TPSA) is 89.9 Å². The van der Waals surface area contributed by atoms with Crippen LogP contribution in [-0.4, -0.2) is 79.8 Å². The minimum absolute atomic E-state index is 0.0222. The first-order valence-corrected chi connectivity index (χ1v) is 13.6. The molecule has 4 aliphatic heterocycles. The van der Waals surface area contributed by atoms with Crippen molar-refractivity contribution in [2.45, 2.75) is 133 Å². The van der Waals surface area contributed by atoms with Crippen LogP contribution in [0, 0.1) is 0 Å². The molecule has 2 N–H and O–H groups in total. The lowest BCUT2D eigenvalue weighted by molar-refractivity contribution is -0.277. The highest BCUT2D eigenvalue weighted by Gasteiger charge is 2.64. The quantitative estimate of drug-likeness (QED) is 0.496. The zero-order valence-electron chi connectivity index (χ0n) is 20.4. The molecule has 31 heavy (non-hydrogen) atoms. The Labute approximate surface area is 188 Å². The van der Waals surface area contributed by atoms with E-state index in [1.165, 1.54) is 0 Å². The molecule has 180 valence electrons. The number of ether oxygens (including phenoxy) is 3. The van der Waals surface area contributed by atoms with E-state index in [4.69, 9.17) is 23.1 Å². The number of hydrogen-bond donors (Lipinski definition) is 2. The minimum Gasteiger partial charge on any atom is -0.393 e. The molecule has 0 bridgehead atoms. The van der Waals surface area contributed by atoms with Crippen molar-refractivity contribution in [2.75, 3.05) is 13.2 Å². The maximum Gasteiger partial charge on any atom is 0.349 e. The van der Waals surface area contributed by atoms with E-state index < -0.39 is 19.8 Å². The van der Waals surface area contributed by atoms with Crippen LogP contribution in [0.25, 0.3) is 0 Å². The van der Waals surface area contributed by atoms with Gasteiger partial charge in [0.15, 0.2) is 0 Å². The van der Waals surface area contributed by atoms with Crippen LogP contribution >= 0.6 is 0 Å². The molecule has 0 amide bonds. The maximum absolute atomic E-state index is 11.1. The Kier molecular flexibility index (Phi) is 5.80. The molecule has 4 saturated heterocycles. The zero-order chi connectivity index (χ0) is 23.0. The summed E-state index contributed by atoms with van der Waals surface area (Å²) in [5.41, 5.74) is -1.53. The predicted octanol–water partition coefficient (Wildman–Crippen LogP) is 3.05. The number of aliphatic hydroxyl groups is 2. The van der Waals surface area contributed by atoms with Crippen LogP contribution < -0.4 is 0 Å². The van der Waals surface area contributed by atoms with Gasteiger partial charge in [-0.3, -0.25) is 0 Å². The van der Waals surface area contributed by atoms with Gasteiger partial charge in [0, 0.05) is 29.3 Å². The Balaban J connectivity index is 1.49. The molecule has 0 aromatic rings. The van der Waals surface area contributed by atoms with Gasteiger partial charge in [0.1, 0.15) is 11.7 Å². The SMILES string of the molecule is CC(C)(C)[Si]1(C(C)(C)C)OC[C@H]2O[C@H]3C[C@@](C)(O)[C@H](C[C@H]4O[C@]4(C)CO)O[C@@H]3C[C@@H]2O1. The third-order valence-corrected chi connectivity index (χ3v) is 13.0. The van der Waals surface area contributed by atoms with Crippen molar-refractivity contribution >= 4 is 8.56 Å². The summed E-state index contributed by atoms with van der Waals surface area (Å²) in [5.74, 6) is 0. The van der Waals surface area contributed by atoms with Crippen molar-refractivity contribution < 1.29 is 33.3 Å². The molecule has 0 spiro atoms. The van der Waals surface area contributed by atoms with Gasteiger partial charge in [0.25, 0.3) is 0 Å². The van der Waals surface area contributed by atoms with Gasteiger partial charge in [-0.15, -0.1) is 0 Å². The molecule has 4 fully saturated rings. The van der Waals surface area contributed by atoms with E-state index in [9.17, 15) is 10.2 Å². The van der Waals surface area contributed by atoms with E-state index in [2.05, 4.69) is 41.5 Å². The lowest BCUT2D eigenvalue weighted by Gasteiger charge is -2.58. The molecule has 0 aliphatic carbocycles. The van der Waals surface area contributed by atoms with Crippen LogP contribution in [0.15, 0.2) is 0 Å². The molecular formula is C23H42O7Si. The third kappa shape index (κ3) is 4.05. The van der Waals surface area contributed by atoms with E-state index in [1.807, 2.05) is 13.8 Å². The second-order valence-corrected chi connectivity index (χ2v) is 17.3. The van der Waals surface area contributed by atoms with Gasteiger partial charge < -0.3 is 33.3 Å². The Morgan fingerprint density at radius 3 is 2.10 bits per heavy atom. The Morgan fingerprint density at radius 2 is 1.55 bits per heavy atom.